The van der Waals surface area contributed by atoms with E-state index < -0.39 is 13.6 Å². The third kappa shape index (κ3) is 6.17. The van der Waals surface area contributed by atoms with Crippen molar-refractivity contribution in [2.24, 2.45) is 5.92 Å². The second-order valence-electron chi connectivity index (χ2n) is 7.36. The normalized spacial score (nSPS) is 16.6. The summed E-state index contributed by atoms with van der Waals surface area (Å²) in [5.74, 6) is 1.15. The van der Waals surface area contributed by atoms with Crippen molar-refractivity contribution in [2.45, 2.75) is 28.5 Å². The Kier molecular flexibility index (Phi) is 7.45. The van der Waals surface area contributed by atoms with E-state index in [1.54, 1.807) is 12.1 Å². The lowest BCUT2D eigenvalue weighted by Crippen LogP contribution is -2.35. The van der Waals surface area contributed by atoms with E-state index in [4.69, 9.17) is 34.8 Å². The minimum absolute atomic E-state index is 0.00740. The van der Waals surface area contributed by atoms with Crippen LogP contribution in [0.4, 0.5) is 5.95 Å². The molecule has 7 nitrogen and oxygen atoms in total. The van der Waals surface area contributed by atoms with Gasteiger partial charge < -0.3 is 10.2 Å². The summed E-state index contributed by atoms with van der Waals surface area (Å²) < 4.78 is 21.6. The van der Waals surface area contributed by atoms with Crippen LogP contribution in [-0.2, 0) is 13.6 Å². The molecule has 2 aromatic rings. The highest BCUT2D eigenvalue weighted by Crippen LogP contribution is 2.37. The molecule has 11 heteroatoms. The van der Waals surface area contributed by atoms with Crippen LogP contribution in [0.5, 0.6) is 0 Å². The van der Waals surface area contributed by atoms with E-state index in [-0.39, 0.29) is 10.7 Å². The molecule has 0 unspecified atom stereocenters. The molecule has 0 bridgehead atoms. The van der Waals surface area contributed by atoms with Crippen molar-refractivity contribution in [1.29, 1.82) is 0 Å². The summed E-state index contributed by atoms with van der Waals surface area (Å²) in [7, 11) is -3.30. The number of hydrogen-bond donors (Lipinski definition) is 1. The first-order valence-corrected chi connectivity index (χ1v) is 12.7. The molecule has 1 fully saturated rings. The summed E-state index contributed by atoms with van der Waals surface area (Å²) in [4.78, 5) is 15.6. The molecule has 0 radical (unpaired) electrons. The number of hydrogen-bond acceptors (Lipinski definition) is 7. The van der Waals surface area contributed by atoms with Crippen LogP contribution in [0.25, 0.3) is 11.4 Å². The smallest absolute Gasteiger partial charge is 0.250 e. The monoisotopic (exact) mass is 491 g/mol. The van der Waals surface area contributed by atoms with Gasteiger partial charge in [0.2, 0.25) is 9.74 Å². The Labute approximate surface area is 192 Å². The maximum absolute atomic E-state index is 11.7. The van der Waals surface area contributed by atoms with Crippen LogP contribution in [0, 0.1) is 5.92 Å². The van der Waals surface area contributed by atoms with Crippen molar-refractivity contribution < 1.29 is 8.42 Å². The summed E-state index contributed by atoms with van der Waals surface area (Å²) in [6.07, 6.45) is 3.35. The number of nitrogens with one attached hydrogen (secondary N) is 1. The first-order valence-electron chi connectivity index (χ1n) is 9.66. The minimum atomic E-state index is -3.30. The van der Waals surface area contributed by atoms with Crippen LogP contribution < -0.4 is 5.32 Å². The lowest BCUT2D eigenvalue weighted by Gasteiger charge is -2.31. The van der Waals surface area contributed by atoms with E-state index in [2.05, 4.69) is 32.1 Å². The van der Waals surface area contributed by atoms with E-state index in [0.29, 0.717) is 29.8 Å². The predicted octanol–water partition coefficient (Wildman–Crippen LogP) is 3.91. The van der Waals surface area contributed by atoms with Gasteiger partial charge in [0, 0.05) is 18.4 Å². The Balaban J connectivity index is 1.82. The number of alkyl halides is 3. The lowest BCUT2D eigenvalue weighted by atomic mass is 9.97. The molecule has 1 aromatic heterocycles. The van der Waals surface area contributed by atoms with E-state index in [1.165, 1.54) is 12.1 Å². The molecule has 1 aliphatic rings. The largest absolute Gasteiger partial charge is 0.354 e. The van der Waals surface area contributed by atoms with Gasteiger partial charge in [0.25, 0.3) is 0 Å². The molecule has 1 saturated heterocycles. The third-order valence-corrected chi connectivity index (χ3v) is 6.77. The second kappa shape index (κ2) is 9.53. The molecule has 0 atom stereocenters. The average molecular weight is 493 g/mol. The van der Waals surface area contributed by atoms with Crippen molar-refractivity contribution >= 4 is 50.6 Å². The highest BCUT2D eigenvalue weighted by molar-refractivity contribution is 7.90. The quantitative estimate of drug-likeness (QED) is 0.612. The number of sulfone groups is 1. The van der Waals surface area contributed by atoms with Gasteiger partial charge in [0.05, 0.1) is 4.90 Å². The van der Waals surface area contributed by atoms with Crippen LogP contribution in [0.1, 0.15) is 25.6 Å². The van der Waals surface area contributed by atoms with Gasteiger partial charge >= 0.3 is 0 Å². The Bertz CT molecular complexity index is 973. The van der Waals surface area contributed by atoms with Gasteiger partial charge in [0.1, 0.15) is 0 Å². The Morgan fingerprint density at radius 1 is 1.10 bits per heavy atom. The number of rotatable bonds is 6. The summed E-state index contributed by atoms with van der Waals surface area (Å²) >= 11 is 18.1. The number of nitrogens with zero attached hydrogens (tertiary/aromatic N) is 4. The molecule has 0 aliphatic carbocycles. The molecule has 164 valence electrons. The fourth-order valence-electron chi connectivity index (χ4n) is 3.30. The molecular formula is C19H24Cl3N5O2S. The summed E-state index contributed by atoms with van der Waals surface area (Å²) in [5, 5.41) is 3.25. The maximum atomic E-state index is 11.7. The van der Waals surface area contributed by atoms with E-state index in [0.717, 1.165) is 38.7 Å². The summed E-state index contributed by atoms with van der Waals surface area (Å²) in [6, 6.07) is 6.24. The minimum Gasteiger partial charge on any atom is -0.354 e. The number of aromatic nitrogens is 3. The Morgan fingerprint density at radius 3 is 2.27 bits per heavy atom. The second-order valence-corrected chi connectivity index (χ2v) is 11.7. The molecule has 3 rings (SSSR count). The van der Waals surface area contributed by atoms with Crippen LogP contribution in [0.2, 0.25) is 0 Å². The molecule has 0 spiro atoms. The average Bonchev–Trinajstić information content (AvgIpc) is 2.71. The molecule has 0 saturated carbocycles. The number of likely N-dealkylation sites (tertiary alicyclic amines) is 1. The highest BCUT2D eigenvalue weighted by atomic mass is 35.6. The van der Waals surface area contributed by atoms with Gasteiger partial charge in [-0.1, -0.05) is 41.7 Å². The van der Waals surface area contributed by atoms with Crippen molar-refractivity contribution in [3.8, 4) is 11.4 Å². The molecule has 2 heterocycles. The van der Waals surface area contributed by atoms with Crippen LogP contribution in [-0.4, -0.2) is 60.7 Å². The number of anilines is 1. The summed E-state index contributed by atoms with van der Waals surface area (Å²) in [6.45, 7) is 6.12. The van der Waals surface area contributed by atoms with Gasteiger partial charge in [-0.05, 0) is 62.7 Å². The Hall–Kier alpha value is -1.19. The molecule has 1 N–H and O–H groups in total. The van der Waals surface area contributed by atoms with Crippen LogP contribution in [0.15, 0.2) is 29.2 Å². The van der Waals surface area contributed by atoms with Crippen molar-refractivity contribution in [3.63, 3.8) is 0 Å². The zero-order valence-electron chi connectivity index (χ0n) is 16.8. The molecular weight excluding hydrogens is 469 g/mol. The topological polar surface area (TPSA) is 88.1 Å². The number of piperidine rings is 1. The van der Waals surface area contributed by atoms with Gasteiger partial charge in [-0.2, -0.15) is 9.97 Å². The fourth-order valence-corrected chi connectivity index (χ4v) is 4.19. The van der Waals surface area contributed by atoms with E-state index in [9.17, 15) is 8.42 Å². The zero-order valence-corrected chi connectivity index (χ0v) is 19.9. The fraction of sp³-hybridized carbons (Fsp3) is 0.526. The zero-order chi connectivity index (χ0) is 21.9. The standard InChI is InChI=1S/C19H24Cl3N5O2S/c1-3-27-10-8-13(9-11-27)12-23-18-25-16(24-17(26-18)19(20,21)22)14-4-6-15(7-5-14)30(2,28)29/h4-7,13H,3,8-12H2,1-2H3,(H,23,24,25,26). The molecule has 1 aromatic carbocycles. The maximum Gasteiger partial charge on any atom is 0.250 e. The highest BCUT2D eigenvalue weighted by Gasteiger charge is 2.29. The first kappa shape index (κ1) is 23.5. The molecule has 30 heavy (non-hydrogen) atoms. The molecule has 1 aliphatic heterocycles. The predicted molar refractivity (Wildman–Crippen MR) is 121 cm³/mol. The van der Waals surface area contributed by atoms with Gasteiger partial charge in [-0.25, -0.2) is 13.4 Å². The third-order valence-electron chi connectivity index (χ3n) is 5.13. The van der Waals surface area contributed by atoms with Crippen molar-refractivity contribution in [3.05, 3.63) is 30.1 Å². The SMILES string of the molecule is CCN1CCC(CNc2nc(-c3ccc(S(C)(=O)=O)cc3)nc(C(Cl)(Cl)Cl)n2)CC1. The number of halogens is 3. The van der Waals surface area contributed by atoms with Crippen LogP contribution in [0.3, 0.4) is 0 Å². The van der Waals surface area contributed by atoms with Crippen molar-refractivity contribution in [1.82, 2.24) is 19.9 Å². The van der Waals surface area contributed by atoms with E-state index >= 15 is 0 Å². The van der Waals surface area contributed by atoms with Crippen molar-refractivity contribution in [2.75, 3.05) is 37.8 Å². The molecule has 0 amide bonds. The van der Waals surface area contributed by atoms with Crippen LogP contribution >= 0.6 is 34.8 Å². The lowest BCUT2D eigenvalue weighted by molar-refractivity contribution is 0.198. The van der Waals surface area contributed by atoms with Gasteiger partial charge in [0.15, 0.2) is 21.5 Å². The van der Waals surface area contributed by atoms with Gasteiger partial charge in [-0.3, -0.25) is 0 Å². The van der Waals surface area contributed by atoms with Gasteiger partial charge in [-0.15, -0.1) is 0 Å². The summed E-state index contributed by atoms with van der Waals surface area (Å²) in [5.41, 5.74) is 0.597. The van der Waals surface area contributed by atoms with E-state index in [1.807, 2.05) is 0 Å². The first-order chi connectivity index (χ1) is 14.1. The number of benzene rings is 1. The Morgan fingerprint density at radius 2 is 1.73 bits per heavy atom.